The Morgan fingerprint density at radius 2 is 1.94 bits per heavy atom. The van der Waals surface area contributed by atoms with Gasteiger partial charge in [0.1, 0.15) is 5.75 Å². The summed E-state index contributed by atoms with van der Waals surface area (Å²) in [6.07, 6.45) is 4.46. The molecule has 5 heteroatoms. The van der Waals surface area contributed by atoms with Gasteiger partial charge < -0.3 is 20.4 Å². The Bertz CT molecular complexity index is 929. The van der Waals surface area contributed by atoms with Gasteiger partial charge in [0.05, 0.1) is 6.10 Å². The lowest BCUT2D eigenvalue weighted by Gasteiger charge is -2.55. The highest BCUT2D eigenvalue weighted by atomic mass is 16.3. The van der Waals surface area contributed by atoms with E-state index in [0.29, 0.717) is 12.0 Å². The van der Waals surface area contributed by atoms with E-state index in [-0.39, 0.29) is 29.0 Å². The van der Waals surface area contributed by atoms with Gasteiger partial charge in [-0.3, -0.25) is 4.79 Å². The first kappa shape index (κ1) is 20.5. The number of phenolic OH excluding ortho intramolecular Hbond substituents is 1. The molecular formula is C26H32N2O3. The van der Waals surface area contributed by atoms with E-state index in [4.69, 9.17) is 0 Å². The van der Waals surface area contributed by atoms with E-state index >= 15 is 0 Å². The molecule has 2 aromatic carbocycles. The van der Waals surface area contributed by atoms with Crippen LogP contribution < -0.4 is 5.32 Å². The maximum Gasteiger partial charge on any atom is 0.251 e. The Labute approximate surface area is 184 Å². The molecule has 1 heterocycles. The first-order valence-electron chi connectivity index (χ1n) is 11.6. The van der Waals surface area contributed by atoms with E-state index in [1.165, 1.54) is 12.8 Å². The molecule has 2 aliphatic carbocycles. The van der Waals surface area contributed by atoms with Crippen molar-refractivity contribution < 1.29 is 15.0 Å². The molecule has 3 aliphatic rings. The molecule has 3 N–H and O–H groups in total. The van der Waals surface area contributed by atoms with Crippen molar-refractivity contribution in [1.82, 2.24) is 10.2 Å². The zero-order valence-electron chi connectivity index (χ0n) is 17.9. The van der Waals surface area contributed by atoms with Crippen molar-refractivity contribution in [2.75, 3.05) is 19.6 Å². The second-order valence-corrected chi connectivity index (χ2v) is 9.81. The predicted molar refractivity (Wildman–Crippen MR) is 120 cm³/mol. The third-order valence-electron chi connectivity index (χ3n) is 7.65. The van der Waals surface area contributed by atoms with Gasteiger partial charge in [-0.25, -0.2) is 0 Å². The van der Waals surface area contributed by atoms with Crippen molar-refractivity contribution >= 4 is 5.91 Å². The molecule has 3 fully saturated rings. The summed E-state index contributed by atoms with van der Waals surface area (Å²) in [6, 6.07) is 16.7. The van der Waals surface area contributed by atoms with Gasteiger partial charge in [-0.15, -0.1) is 0 Å². The molecule has 0 radical (unpaired) electrons. The lowest BCUT2D eigenvalue weighted by molar-refractivity contribution is -0.0482. The summed E-state index contributed by atoms with van der Waals surface area (Å²) in [7, 11) is 0. The molecule has 2 saturated carbocycles. The number of aliphatic hydroxyl groups is 1. The quantitative estimate of drug-likeness (QED) is 0.694. The number of hydrogen-bond donors (Lipinski definition) is 3. The summed E-state index contributed by atoms with van der Waals surface area (Å²) < 4.78 is 0. The van der Waals surface area contributed by atoms with Crippen LogP contribution in [0.15, 0.2) is 54.6 Å². The fraction of sp³-hybridized carbons (Fsp3) is 0.500. The smallest absolute Gasteiger partial charge is 0.251 e. The highest BCUT2D eigenvalue weighted by Crippen LogP contribution is 2.50. The number of carbonyl (C=O) groups is 1. The highest BCUT2D eigenvalue weighted by molar-refractivity contribution is 5.94. The van der Waals surface area contributed by atoms with Crippen LogP contribution in [0.4, 0.5) is 0 Å². The van der Waals surface area contributed by atoms with Crippen molar-refractivity contribution in [3.63, 3.8) is 0 Å². The lowest BCUT2D eigenvalue weighted by atomic mass is 9.57. The van der Waals surface area contributed by atoms with Crippen molar-refractivity contribution in [2.45, 2.75) is 49.7 Å². The number of benzene rings is 2. The van der Waals surface area contributed by atoms with Crippen LogP contribution >= 0.6 is 0 Å². The molecule has 2 aromatic rings. The molecule has 5 rings (SSSR count). The van der Waals surface area contributed by atoms with Gasteiger partial charge in [0.25, 0.3) is 5.91 Å². The zero-order valence-corrected chi connectivity index (χ0v) is 17.9. The highest BCUT2D eigenvalue weighted by Gasteiger charge is 2.52. The number of hydrogen-bond acceptors (Lipinski definition) is 4. The Hall–Kier alpha value is -2.37. The molecule has 0 spiro atoms. The van der Waals surface area contributed by atoms with Gasteiger partial charge in [0.2, 0.25) is 0 Å². The summed E-state index contributed by atoms with van der Waals surface area (Å²) in [5, 5.41) is 24.7. The molecule has 4 atom stereocenters. The number of nitrogens with zero attached hydrogens (tertiary/aromatic N) is 1. The minimum Gasteiger partial charge on any atom is -0.508 e. The standard InChI is InChI=1S/C26H32N2O3/c29-22-8-4-7-20(13-22)26-11-12-28(16-18-9-10-18)17-23(26)24(30)14-21(15-26)27-25(31)19-5-2-1-3-6-19/h1-8,13,18,21,23-24,29-30H,9-12,14-17H2,(H,27,31). The number of carbonyl (C=O) groups excluding carboxylic acids is 1. The summed E-state index contributed by atoms with van der Waals surface area (Å²) in [6.45, 7) is 3.01. The summed E-state index contributed by atoms with van der Waals surface area (Å²) >= 11 is 0. The van der Waals surface area contributed by atoms with Crippen LogP contribution in [0.25, 0.3) is 0 Å². The van der Waals surface area contributed by atoms with Crippen LogP contribution in [0.2, 0.25) is 0 Å². The van der Waals surface area contributed by atoms with Crippen LogP contribution in [-0.4, -0.2) is 52.8 Å². The molecular weight excluding hydrogens is 388 g/mol. The van der Waals surface area contributed by atoms with Crippen molar-refractivity contribution in [1.29, 1.82) is 0 Å². The van der Waals surface area contributed by atoms with Crippen LogP contribution in [0.1, 0.15) is 48.0 Å². The Morgan fingerprint density at radius 1 is 1.13 bits per heavy atom. The van der Waals surface area contributed by atoms with Crippen LogP contribution in [-0.2, 0) is 5.41 Å². The third-order valence-corrected chi connectivity index (χ3v) is 7.65. The SMILES string of the molecule is O=C(NC1CC(O)C2CN(CC3CC3)CCC2(c2cccc(O)c2)C1)c1ccccc1. The van der Waals surface area contributed by atoms with Crippen molar-refractivity contribution in [3.8, 4) is 5.75 Å². The number of likely N-dealkylation sites (tertiary alicyclic amines) is 1. The second-order valence-electron chi connectivity index (χ2n) is 9.81. The number of fused-ring (bicyclic) bond motifs is 1. The molecule has 0 aromatic heterocycles. The van der Waals surface area contributed by atoms with Crippen LogP contribution in [0.5, 0.6) is 5.75 Å². The largest absolute Gasteiger partial charge is 0.508 e. The van der Waals surface area contributed by atoms with Gasteiger partial charge in [-0.2, -0.15) is 0 Å². The number of aliphatic hydroxyl groups excluding tert-OH is 1. The minimum atomic E-state index is -0.487. The average molecular weight is 421 g/mol. The third kappa shape index (κ3) is 4.21. The zero-order chi connectivity index (χ0) is 21.4. The minimum absolute atomic E-state index is 0.0894. The van der Waals surface area contributed by atoms with E-state index in [1.807, 2.05) is 42.5 Å². The van der Waals surface area contributed by atoms with E-state index in [0.717, 1.165) is 44.0 Å². The van der Waals surface area contributed by atoms with E-state index in [9.17, 15) is 15.0 Å². The number of amides is 1. The number of aromatic hydroxyl groups is 1. The van der Waals surface area contributed by atoms with Gasteiger partial charge in [-0.05, 0) is 74.4 Å². The van der Waals surface area contributed by atoms with Crippen LogP contribution in [0.3, 0.4) is 0 Å². The van der Waals surface area contributed by atoms with Gasteiger partial charge in [0.15, 0.2) is 0 Å². The first-order valence-corrected chi connectivity index (χ1v) is 11.6. The predicted octanol–water partition coefficient (Wildman–Crippen LogP) is 3.32. The van der Waals surface area contributed by atoms with E-state index in [2.05, 4.69) is 16.3 Å². The summed E-state index contributed by atoms with van der Waals surface area (Å²) in [5.74, 6) is 1.10. The normalized spacial score (nSPS) is 31.1. The monoisotopic (exact) mass is 420 g/mol. The first-order chi connectivity index (χ1) is 15.0. The number of piperidine rings is 1. The molecule has 1 amide bonds. The molecule has 5 nitrogen and oxygen atoms in total. The number of rotatable bonds is 5. The van der Waals surface area contributed by atoms with E-state index in [1.54, 1.807) is 6.07 Å². The number of nitrogens with one attached hydrogen (secondary N) is 1. The van der Waals surface area contributed by atoms with E-state index < -0.39 is 6.10 Å². The van der Waals surface area contributed by atoms with Gasteiger partial charge in [0, 0.05) is 36.0 Å². The maximum absolute atomic E-state index is 12.8. The Morgan fingerprint density at radius 3 is 2.68 bits per heavy atom. The Kier molecular flexibility index (Phi) is 5.49. The molecule has 1 saturated heterocycles. The maximum atomic E-state index is 12.8. The fourth-order valence-corrected chi connectivity index (χ4v) is 5.90. The number of phenols is 1. The lowest BCUT2D eigenvalue weighted by Crippen LogP contribution is -2.61. The molecule has 0 bridgehead atoms. The van der Waals surface area contributed by atoms with Gasteiger partial charge in [-0.1, -0.05) is 30.3 Å². The Balaban J connectivity index is 1.41. The molecule has 31 heavy (non-hydrogen) atoms. The molecule has 4 unspecified atom stereocenters. The van der Waals surface area contributed by atoms with Crippen molar-refractivity contribution in [3.05, 3.63) is 65.7 Å². The molecule has 164 valence electrons. The fourth-order valence-electron chi connectivity index (χ4n) is 5.90. The topological polar surface area (TPSA) is 72.8 Å². The molecule has 1 aliphatic heterocycles. The van der Waals surface area contributed by atoms with Crippen molar-refractivity contribution in [2.24, 2.45) is 11.8 Å². The second kappa shape index (κ2) is 8.29. The van der Waals surface area contributed by atoms with Crippen LogP contribution in [0, 0.1) is 11.8 Å². The summed E-state index contributed by atoms with van der Waals surface area (Å²) in [4.78, 5) is 15.3. The average Bonchev–Trinajstić information content (AvgIpc) is 3.59. The summed E-state index contributed by atoms with van der Waals surface area (Å²) in [5.41, 5.74) is 1.48. The van der Waals surface area contributed by atoms with Gasteiger partial charge >= 0.3 is 0 Å².